The van der Waals surface area contributed by atoms with Crippen LogP contribution >= 0.6 is 12.4 Å². The summed E-state index contributed by atoms with van der Waals surface area (Å²) in [6.45, 7) is 0. The molecule has 1 aliphatic rings. The lowest BCUT2D eigenvalue weighted by molar-refractivity contribution is 0.385. The van der Waals surface area contributed by atoms with Crippen molar-refractivity contribution in [2.45, 2.75) is 37.8 Å². The van der Waals surface area contributed by atoms with Crippen molar-refractivity contribution in [1.82, 2.24) is 0 Å². The summed E-state index contributed by atoms with van der Waals surface area (Å²) in [6, 6.07) is 0.562. The van der Waals surface area contributed by atoms with E-state index in [0.29, 0.717) is 0 Å². The second-order valence-corrected chi connectivity index (χ2v) is 2.61. The van der Waals surface area contributed by atoms with Crippen molar-refractivity contribution in [3.8, 4) is 0 Å². The highest BCUT2D eigenvalue weighted by molar-refractivity contribution is 5.85. The minimum Gasteiger partial charge on any atom is -0.326 e. The first-order valence-electron chi connectivity index (χ1n) is 3.32. The van der Waals surface area contributed by atoms with E-state index in [1.54, 1.807) is 0 Å². The first-order valence-corrected chi connectivity index (χ1v) is 3.32. The van der Waals surface area contributed by atoms with Crippen LogP contribution in [-0.4, -0.2) is 12.1 Å². The Morgan fingerprint density at radius 2 is 1.22 bits per heavy atom. The van der Waals surface area contributed by atoms with Crippen LogP contribution < -0.4 is 11.5 Å². The van der Waals surface area contributed by atoms with Crippen molar-refractivity contribution in [2.24, 2.45) is 11.5 Å². The maximum Gasteiger partial charge on any atom is 0.0192 e. The Labute approximate surface area is 62.4 Å². The first-order chi connectivity index (χ1) is 3.80. The third kappa shape index (κ3) is 2.52. The minimum atomic E-state index is 0. The van der Waals surface area contributed by atoms with Crippen molar-refractivity contribution in [3.63, 3.8) is 0 Å². The van der Waals surface area contributed by atoms with Crippen LogP contribution in [0, 0.1) is 0 Å². The predicted octanol–water partition coefficient (Wildman–Crippen LogP) is 0.637. The lowest BCUT2D eigenvalue weighted by atomic mass is 9.92. The standard InChI is InChI=1S/C6H14N2.ClH/c7-5-3-1-2-4-6(5)8;/h5-6H,1-4,7-8H2;1H/t5-,6-;/m1./s1. The molecular formula is C6H15ClN2. The maximum atomic E-state index is 5.65. The van der Waals surface area contributed by atoms with Crippen molar-refractivity contribution in [3.05, 3.63) is 0 Å². The molecule has 0 radical (unpaired) electrons. The molecule has 0 spiro atoms. The van der Waals surface area contributed by atoms with Gasteiger partial charge in [-0.25, -0.2) is 0 Å². The molecule has 0 heterocycles. The zero-order valence-electron chi connectivity index (χ0n) is 5.55. The van der Waals surface area contributed by atoms with Gasteiger partial charge in [0.15, 0.2) is 0 Å². The van der Waals surface area contributed by atoms with Gasteiger partial charge in [0, 0.05) is 12.1 Å². The summed E-state index contributed by atoms with van der Waals surface area (Å²) in [5.74, 6) is 0. The van der Waals surface area contributed by atoms with Crippen LogP contribution in [0.1, 0.15) is 25.7 Å². The van der Waals surface area contributed by atoms with E-state index in [4.69, 9.17) is 11.5 Å². The molecule has 1 fully saturated rings. The Kier molecular flexibility index (Phi) is 4.19. The van der Waals surface area contributed by atoms with Crippen LogP contribution in [0.2, 0.25) is 0 Å². The highest BCUT2D eigenvalue weighted by Gasteiger charge is 2.16. The number of nitrogens with two attached hydrogens (primary N) is 2. The van der Waals surface area contributed by atoms with Crippen molar-refractivity contribution in [2.75, 3.05) is 0 Å². The van der Waals surface area contributed by atoms with E-state index < -0.39 is 0 Å². The third-order valence-corrected chi connectivity index (χ3v) is 1.87. The maximum absolute atomic E-state index is 5.65. The number of halogens is 1. The van der Waals surface area contributed by atoms with Gasteiger partial charge in [0.05, 0.1) is 0 Å². The zero-order chi connectivity index (χ0) is 5.98. The Balaban J connectivity index is 0.000000640. The number of hydrogen-bond donors (Lipinski definition) is 2. The molecule has 0 aromatic heterocycles. The van der Waals surface area contributed by atoms with E-state index in [1.165, 1.54) is 12.8 Å². The zero-order valence-corrected chi connectivity index (χ0v) is 6.36. The van der Waals surface area contributed by atoms with Gasteiger partial charge in [0.25, 0.3) is 0 Å². The van der Waals surface area contributed by atoms with Gasteiger partial charge in [-0.05, 0) is 12.8 Å². The Hall–Kier alpha value is 0.210. The normalized spacial score (nSPS) is 35.3. The van der Waals surface area contributed by atoms with Crippen molar-refractivity contribution < 1.29 is 0 Å². The third-order valence-electron chi connectivity index (χ3n) is 1.87. The monoisotopic (exact) mass is 150 g/mol. The quantitative estimate of drug-likeness (QED) is 0.533. The molecule has 3 heteroatoms. The summed E-state index contributed by atoms with van der Waals surface area (Å²) < 4.78 is 0. The number of hydrogen-bond acceptors (Lipinski definition) is 2. The average Bonchev–Trinajstić information content (AvgIpc) is 1.77. The fourth-order valence-corrected chi connectivity index (χ4v) is 1.19. The molecule has 0 aromatic rings. The molecule has 4 N–H and O–H groups in total. The van der Waals surface area contributed by atoms with Crippen LogP contribution in [0.3, 0.4) is 0 Å². The van der Waals surface area contributed by atoms with E-state index in [1.807, 2.05) is 0 Å². The summed E-state index contributed by atoms with van der Waals surface area (Å²) in [5.41, 5.74) is 11.3. The Morgan fingerprint density at radius 3 is 1.44 bits per heavy atom. The van der Waals surface area contributed by atoms with Crippen molar-refractivity contribution in [1.29, 1.82) is 0 Å². The molecule has 56 valence electrons. The summed E-state index contributed by atoms with van der Waals surface area (Å²) in [6.07, 6.45) is 4.80. The topological polar surface area (TPSA) is 52.0 Å². The Bertz CT molecular complexity index is 67.5. The van der Waals surface area contributed by atoms with Gasteiger partial charge in [-0.3, -0.25) is 0 Å². The summed E-state index contributed by atoms with van der Waals surface area (Å²) >= 11 is 0. The molecule has 0 bridgehead atoms. The second-order valence-electron chi connectivity index (χ2n) is 2.61. The van der Waals surface area contributed by atoms with E-state index >= 15 is 0 Å². The molecule has 0 aromatic carbocycles. The van der Waals surface area contributed by atoms with Crippen LogP contribution in [0.5, 0.6) is 0 Å². The van der Waals surface area contributed by atoms with Crippen molar-refractivity contribution >= 4 is 12.4 Å². The SMILES string of the molecule is Cl.N[C@@H]1CCCC[C@H]1N. The molecular weight excluding hydrogens is 136 g/mol. The van der Waals surface area contributed by atoms with Crippen LogP contribution in [0.4, 0.5) is 0 Å². The molecule has 0 saturated heterocycles. The smallest absolute Gasteiger partial charge is 0.0192 e. The molecule has 2 nitrogen and oxygen atoms in total. The first kappa shape index (κ1) is 9.21. The fraction of sp³-hybridized carbons (Fsp3) is 1.00. The summed E-state index contributed by atoms with van der Waals surface area (Å²) in [7, 11) is 0. The van der Waals surface area contributed by atoms with Crippen LogP contribution in [0.25, 0.3) is 0 Å². The molecule has 1 saturated carbocycles. The summed E-state index contributed by atoms with van der Waals surface area (Å²) in [4.78, 5) is 0. The highest BCUT2D eigenvalue weighted by Crippen LogP contribution is 2.14. The van der Waals surface area contributed by atoms with Crippen LogP contribution in [-0.2, 0) is 0 Å². The molecule has 1 aliphatic carbocycles. The van der Waals surface area contributed by atoms with Gasteiger partial charge in [0.1, 0.15) is 0 Å². The van der Waals surface area contributed by atoms with Gasteiger partial charge in [-0.2, -0.15) is 0 Å². The Morgan fingerprint density at radius 1 is 0.889 bits per heavy atom. The van der Waals surface area contributed by atoms with Gasteiger partial charge < -0.3 is 11.5 Å². The lowest BCUT2D eigenvalue weighted by Crippen LogP contribution is -2.43. The second kappa shape index (κ2) is 4.09. The minimum absolute atomic E-state index is 0. The van der Waals surface area contributed by atoms with Crippen LogP contribution in [0.15, 0.2) is 0 Å². The molecule has 9 heavy (non-hydrogen) atoms. The van der Waals surface area contributed by atoms with E-state index in [-0.39, 0.29) is 24.5 Å². The van der Waals surface area contributed by atoms with Gasteiger partial charge >= 0.3 is 0 Å². The van der Waals surface area contributed by atoms with E-state index in [0.717, 1.165) is 12.8 Å². The fourth-order valence-electron chi connectivity index (χ4n) is 1.19. The predicted molar refractivity (Wildman–Crippen MR) is 41.7 cm³/mol. The van der Waals surface area contributed by atoms with E-state index in [2.05, 4.69) is 0 Å². The van der Waals surface area contributed by atoms with E-state index in [9.17, 15) is 0 Å². The lowest BCUT2D eigenvalue weighted by Gasteiger charge is -2.24. The molecule has 1 rings (SSSR count). The van der Waals surface area contributed by atoms with Gasteiger partial charge in [0.2, 0.25) is 0 Å². The average molecular weight is 151 g/mol. The molecule has 2 atom stereocenters. The largest absolute Gasteiger partial charge is 0.326 e. The molecule has 0 aliphatic heterocycles. The molecule has 0 amide bonds. The summed E-state index contributed by atoms with van der Waals surface area (Å²) in [5, 5.41) is 0. The number of rotatable bonds is 0. The highest BCUT2D eigenvalue weighted by atomic mass is 35.5. The molecule has 0 unspecified atom stereocenters. The van der Waals surface area contributed by atoms with Gasteiger partial charge in [-0.15, -0.1) is 12.4 Å². The van der Waals surface area contributed by atoms with Gasteiger partial charge in [-0.1, -0.05) is 12.8 Å².